The molecule has 1 saturated carbocycles. The van der Waals surface area contributed by atoms with Crippen molar-refractivity contribution in [2.24, 2.45) is 5.92 Å². The van der Waals surface area contributed by atoms with Gasteiger partial charge in [0.15, 0.2) is 6.61 Å². The van der Waals surface area contributed by atoms with Crippen molar-refractivity contribution < 1.29 is 23.9 Å². The first-order chi connectivity index (χ1) is 12.5. The number of ether oxygens (including phenoxy) is 2. The number of rotatable bonds is 7. The van der Waals surface area contributed by atoms with E-state index in [1.165, 1.54) is 13.5 Å². The van der Waals surface area contributed by atoms with Crippen LogP contribution >= 0.6 is 0 Å². The van der Waals surface area contributed by atoms with E-state index >= 15 is 0 Å². The van der Waals surface area contributed by atoms with Gasteiger partial charge in [-0.15, -0.1) is 0 Å². The molecule has 1 aromatic carbocycles. The second-order valence-electron chi connectivity index (χ2n) is 6.51. The molecule has 1 aliphatic rings. The van der Waals surface area contributed by atoms with Gasteiger partial charge < -0.3 is 20.1 Å². The summed E-state index contributed by atoms with van der Waals surface area (Å²) < 4.78 is 9.97. The topological polar surface area (TPSA) is 93.7 Å². The molecular weight excluding hydrogens is 336 g/mol. The van der Waals surface area contributed by atoms with E-state index in [1.54, 1.807) is 24.3 Å². The highest BCUT2D eigenvalue weighted by molar-refractivity contribution is 5.96. The van der Waals surface area contributed by atoms with Crippen LogP contribution in [0, 0.1) is 5.92 Å². The van der Waals surface area contributed by atoms with Crippen LogP contribution < -0.4 is 15.4 Å². The van der Waals surface area contributed by atoms with E-state index in [-0.39, 0.29) is 25.1 Å². The fourth-order valence-electron chi connectivity index (χ4n) is 3.00. The van der Waals surface area contributed by atoms with Crippen molar-refractivity contribution in [3.05, 3.63) is 29.8 Å². The van der Waals surface area contributed by atoms with Crippen LogP contribution in [-0.2, 0) is 14.3 Å². The highest BCUT2D eigenvalue weighted by Gasteiger charge is 2.23. The van der Waals surface area contributed by atoms with E-state index in [0.29, 0.717) is 17.2 Å². The van der Waals surface area contributed by atoms with Crippen molar-refractivity contribution in [1.82, 2.24) is 10.6 Å². The normalized spacial score (nSPS) is 19.3. The van der Waals surface area contributed by atoms with Gasteiger partial charge in [-0.1, -0.05) is 25.8 Å². The van der Waals surface area contributed by atoms with Crippen LogP contribution in [0.4, 0.5) is 0 Å². The van der Waals surface area contributed by atoms with Crippen LogP contribution in [0.3, 0.4) is 0 Å². The summed E-state index contributed by atoms with van der Waals surface area (Å²) in [6, 6.07) is 6.73. The van der Waals surface area contributed by atoms with Gasteiger partial charge in [0.05, 0.1) is 7.11 Å². The van der Waals surface area contributed by atoms with Gasteiger partial charge in [0.25, 0.3) is 11.8 Å². The van der Waals surface area contributed by atoms with Crippen LogP contribution in [0.5, 0.6) is 5.75 Å². The fraction of sp³-hybridized carbons (Fsp3) is 0.526. The molecule has 7 nitrogen and oxygen atoms in total. The quantitative estimate of drug-likeness (QED) is 0.720. The van der Waals surface area contributed by atoms with Crippen molar-refractivity contribution in [3.63, 3.8) is 0 Å². The van der Waals surface area contributed by atoms with Gasteiger partial charge in [0, 0.05) is 11.6 Å². The third-order valence-corrected chi connectivity index (χ3v) is 4.55. The van der Waals surface area contributed by atoms with Crippen LogP contribution in [0.1, 0.15) is 43.0 Å². The molecule has 0 unspecified atom stereocenters. The zero-order chi connectivity index (χ0) is 18.9. The molecule has 2 atom stereocenters. The fourth-order valence-corrected chi connectivity index (χ4v) is 3.00. The summed E-state index contributed by atoms with van der Waals surface area (Å²) in [6.07, 6.45) is 4.35. The molecule has 1 aromatic rings. The van der Waals surface area contributed by atoms with Crippen LogP contribution in [-0.4, -0.2) is 44.1 Å². The molecule has 0 saturated heterocycles. The Kier molecular flexibility index (Phi) is 7.44. The Morgan fingerprint density at radius 2 is 1.96 bits per heavy atom. The summed E-state index contributed by atoms with van der Waals surface area (Å²) in [4.78, 5) is 35.6. The van der Waals surface area contributed by atoms with Gasteiger partial charge in [-0.05, 0) is 37.0 Å². The maximum absolute atomic E-state index is 12.0. The van der Waals surface area contributed by atoms with E-state index in [2.05, 4.69) is 17.6 Å². The number of hydrogen-bond donors (Lipinski definition) is 2. The van der Waals surface area contributed by atoms with Gasteiger partial charge in [-0.2, -0.15) is 0 Å². The Balaban J connectivity index is 1.69. The van der Waals surface area contributed by atoms with Gasteiger partial charge >= 0.3 is 5.97 Å². The molecule has 0 aliphatic heterocycles. The molecule has 2 N–H and O–H groups in total. The summed E-state index contributed by atoms with van der Waals surface area (Å²) in [5, 5.41) is 5.37. The maximum Gasteiger partial charge on any atom is 0.325 e. The SMILES string of the molecule is COc1cccc(C(=O)NCC(=O)OCC(=O)N[C@H]2CCCC[C@@H]2C)c1. The van der Waals surface area contributed by atoms with Gasteiger partial charge in [-0.25, -0.2) is 0 Å². The first-order valence-electron chi connectivity index (χ1n) is 8.87. The Morgan fingerprint density at radius 3 is 2.69 bits per heavy atom. The number of esters is 1. The maximum atomic E-state index is 12.0. The Morgan fingerprint density at radius 1 is 1.19 bits per heavy atom. The molecule has 0 heterocycles. The molecule has 142 valence electrons. The Labute approximate surface area is 153 Å². The predicted molar refractivity (Wildman–Crippen MR) is 95.8 cm³/mol. The number of carbonyl (C=O) groups excluding carboxylic acids is 3. The third kappa shape index (κ3) is 6.06. The van der Waals surface area contributed by atoms with Crippen molar-refractivity contribution in [3.8, 4) is 5.75 Å². The monoisotopic (exact) mass is 362 g/mol. The van der Waals surface area contributed by atoms with Gasteiger partial charge in [-0.3, -0.25) is 14.4 Å². The smallest absolute Gasteiger partial charge is 0.325 e. The zero-order valence-corrected chi connectivity index (χ0v) is 15.2. The highest BCUT2D eigenvalue weighted by atomic mass is 16.5. The van der Waals surface area contributed by atoms with Crippen LogP contribution in [0.2, 0.25) is 0 Å². The minimum absolute atomic E-state index is 0.141. The van der Waals surface area contributed by atoms with Crippen molar-refractivity contribution in [1.29, 1.82) is 0 Å². The second kappa shape index (κ2) is 9.79. The number of methoxy groups -OCH3 is 1. The molecule has 0 bridgehead atoms. The summed E-state index contributed by atoms with van der Waals surface area (Å²) in [6.45, 7) is 1.48. The number of amides is 2. The highest BCUT2D eigenvalue weighted by Crippen LogP contribution is 2.23. The molecule has 0 radical (unpaired) electrons. The Hall–Kier alpha value is -2.57. The van der Waals surface area contributed by atoms with E-state index in [0.717, 1.165) is 19.3 Å². The Bertz CT molecular complexity index is 647. The number of benzene rings is 1. The number of nitrogens with one attached hydrogen (secondary N) is 2. The van der Waals surface area contributed by atoms with Gasteiger partial charge in [0.1, 0.15) is 12.3 Å². The van der Waals surface area contributed by atoms with Crippen LogP contribution in [0.15, 0.2) is 24.3 Å². The molecule has 1 aliphatic carbocycles. The zero-order valence-electron chi connectivity index (χ0n) is 15.2. The molecule has 1 fully saturated rings. The third-order valence-electron chi connectivity index (χ3n) is 4.55. The minimum Gasteiger partial charge on any atom is -0.497 e. The van der Waals surface area contributed by atoms with E-state index in [4.69, 9.17) is 9.47 Å². The first kappa shape index (κ1) is 19.8. The average Bonchev–Trinajstić information content (AvgIpc) is 2.66. The molecule has 0 spiro atoms. The van der Waals surface area contributed by atoms with Gasteiger partial charge in [0.2, 0.25) is 0 Å². The van der Waals surface area contributed by atoms with Crippen molar-refractivity contribution in [2.45, 2.75) is 38.6 Å². The number of hydrogen-bond acceptors (Lipinski definition) is 5. The van der Waals surface area contributed by atoms with Crippen LogP contribution in [0.25, 0.3) is 0 Å². The van der Waals surface area contributed by atoms with Crippen molar-refractivity contribution >= 4 is 17.8 Å². The standard InChI is InChI=1S/C19H26N2O5/c1-13-6-3-4-9-16(13)21-17(22)12-26-18(23)11-20-19(24)14-7-5-8-15(10-14)25-2/h5,7-8,10,13,16H,3-4,6,9,11-12H2,1-2H3,(H,20,24)(H,21,22)/t13-,16-/m0/s1. The lowest BCUT2D eigenvalue weighted by atomic mass is 9.86. The van der Waals surface area contributed by atoms with Crippen molar-refractivity contribution in [2.75, 3.05) is 20.3 Å². The summed E-state index contributed by atoms with van der Waals surface area (Å²) in [5.74, 6) is -0.398. The summed E-state index contributed by atoms with van der Waals surface area (Å²) >= 11 is 0. The van der Waals surface area contributed by atoms with E-state index < -0.39 is 11.9 Å². The van der Waals surface area contributed by atoms with E-state index in [9.17, 15) is 14.4 Å². The van der Waals surface area contributed by atoms with E-state index in [1.807, 2.05) is 0 Å². The minimum atomic E-state index is -0.659. The number of carbonyl (C=O) groups is 3. The molecule has 7 heteroatoms. The molecule has 2 amide bonds. The largest absolute Gasteiger partial charge is 0.497 e. The first-order valence-corrected chi connectivity index (χ1v) is 8.87. The second-order valence-corrected chi connectivity index (χ2v) is 6.51. The lowest BCUT2D eigenvalue weighted by Crippen LogP contribution is -2.43. The summed E-state index contributed by atoms with van der Waals surface area (Å²) in [7, 11) is 1.51. The molecule has 26 heavy (non-hydrogen) atoms. The molecule has 2 rings (SSSR count). The lowest BCUT2D eigenvalue weighted by molar-refractivity contribution is -0.147. The predicted octanol–water partition coefficient (Wildman–Crippen LogP) is 1.66. The summed E-state index contributed by atoms with van der Waals surface area (Å²) in [5.41, 5.74) is 0.376. The molecular formula is C19H26N2O5. The average molecular weight is 362 g/mol. The molecule has 0 aromatic heterocycles. The lowest BCUT2D eigenvalue weighted by Gasteiger charge is -2.29.